The first-order valence-corrected chi connectivity index (χ1v) is 5.76. The van der Waals surface area contributed by atoms with E-state index in [0.29, 0.717) is 5.69 Å². The van der Waals surface area contributed by atoms with Crippen molar-refractivity contribution in [3.63, 3.8) is 0 Å². The van der Waals surface area contributed by atoms with E-state index in [-0.39, 0.29) is 11.7 Å². The summed E-state index contributed by atoms with van der Waals surface area (Å²) < 4.78 is 0. The van der Waals surface area contributed by atoms with Gasteiger partial charge in [0.25, 0.3) is 0 Å². The third-order valence-electron chi connectivity index (χ3n) is 2.69. The molecule has 0 fully saturated rings. The van der Waals surface area contributed by atoms with Crippen LogP contribution in [0.3, 0.4) is 0 Å². The van der Waals surface area contributed by atoms with E-state index in [1.807, 2.05) is 51.1 Å². The molecule has 0 spiro atoms. The van der Waals surface area contributed by atoms with Crippen LogP contribution in [-0.4, -0.2) is 15.8 Å². The molecular formula is C14H16N2O. The van der Waals surface area contributed by atoms with E-state index in [1.165, 1.54) is 0 Å². The fraction of sp³-hybridized carbons (Fsp3) is 0.286. The zero-order chi connectivity index (χ0) is 12.4. The molecule has 1 heterocycles. The monoisotopic (exact) mass is 228 g/mol. The highest BCUT2D eigenvalue weighted by Gasteiger charge is 2.17. The van der Waals surface area contributed by atoms with E-state index in [1.54, 1.807) is 0 Å². The third kappa shape index (κ3) is 2.28. The summed E-state index contributed by atoms with van der Waals surface area (Å²) in [5, 5.41) is 0. The smallest absolute Gasteiger partial charge is 0.185 e. The predicted molar refractivity (Wildman–Crippen MR) is 67.9 cm³/mol. The number of imidazole rings is 1. The van der Waals surface area contributed by atoms with Crippen molar-refractivity contribution in [1.29, 1.82) is 0 Å². The van der Waals surface area contributed by atoms with Crippen LogP contribution in [0.25, 0.3) is 11.4 Å². The average molecular weight is 228 g/mol. The number of nitrogens with one attached hydrogen (secondary N) is 1. The number of ketones is 1. The van der Waals surface area contributed by atoms with Gasteiger partial charge in [-0.2, -0.15) is 0 Å². The Balaban J connectivity index is 2.41. The molecule has 1 aromatic carbocycles. The van der Waals surface area contributed by atoms with Gasteiger partial charge in [-0.15, -0.1) is 0 Å². The van der Waals surface area contributed by atoms with Crippen LogP contribution in [0.1, 0.15) is 30.0 Å². The summed E-state index contributed by atoms with van der Waals surface area (Å²) in [5.74, 6) is 0.814. The Kier molecular flexibility index (Phi) is 3.09. The van der Waals surface area contributed by atoms with E-state index < -0.39 is 0 Å². The van der Waals surface area contributed by atoms with Crippen LogP contribution < -0.4 is 0 Å². The molecule has 2 aromatic rings. The predicted octanol–water partition coefficient (Wildman–Crippen LogP) is 3.22. The van der Waals surface area contributed by atoms with Crippen molar-refractivity contribution in [3.05, 3.63) is 41.7 Å². The van der Waals surface area contributed by atoms with Crippen LogP contribution in [0.15, 0.2) is 30.3 Å². The van der Waals surface area contributed by atoms with Crippen LogP contribution in [0.5, 0.6) is 0 Å². The maximum Gasteiger partial charge on any atom is 0.185 e. The van der Waals surface area contributed by atoms with Gasteiger partial charge in [0, 0.05) is 17.2 Å². The Morgan fingerprint density at radius 3 is 2.47 bits per heavy atom. The number of aromatic nitrogens is 2. The Morgan fingerprint density at radius 2 is 1.88 bits per heavy atom. The first-order chi connectivity index (χ1) is 8.09. The number of rotatable bonds is 3. The lowest BCUT2D eigenvalue weighted by Crippen LogP contribution is -2.09. The quantitative estimate of drug-likeness (QED) is 0.820. The summed E-state index contributed by atoms with van der Waals surface area (Å²) in [6.07, 6.45) is 0. The molecule has 0 saturated carbocycles. The van der Waals surface area contributed by atoms with E-state index in [0.717, 1.165) is 17.1 Å². The second-order valence-corrected chi connectivity index (χ2v) is 4.44. The lowest BCUT2D eigenvalue weighted by atomic mass is 10.1. The molecule has 3 nitrogen and oxygen atoms in total. The standard InChI is InChI=1S/C14H16N2O/c1-9(2)13(17)12-10(3)15-14(16-12)11-7-5-4-6-8-11/h4-9H,1-3H3,(H,15,16). The third-order valence-corrected chi connectivity index (χ3v) is 2.69. The van der Waals surface area contributed by atoms with Crippen molar-refractivity contribution >= 4 is 5.78 Å². The number of aromatic amines is 1. The minimum Gasteiger partial charge on any atom is -0.341 e. The van der Waals surface area contributed by atoms with Crippen LogP contribution in [0.4, 0.5) is 0 Å². The van der Waals surface area contributed by atoms with Crippen molar-refractivity contribution in [3.8, 4) is 11.4 Å². The number of aryl methyl sites for hydroxylation is 1. The first-order valence-electron chi connectivity index (χ1n) is 5.76. The number of hydrogen-bond donors (Lipinski definition) is 1. The van der Waals surface area contributed by atoms with Gasteiger partial charge in [0.05, 0.1) is 0 Å². The minimum absolute atomic E-state index is 0.0272. The second kappa shape index (κ2) is 4.53. The van der Waals surface area contributed by atoms with Crippen molar-refractivity contribution in [2.45, 2.75) is 20.8 Å². The van der Waals surface area contributed by atoms with Gasteiger partial charge in [0.1, 0.15) is 11.5 Å². The van der Waals surface area contributed by atoms with Gasteiger partial charge in [0.15, 0.2) is 5.78 Å². The molecule has 0 aliphatic rings. The summed E-state index contributed by atoms with van der Waals surface area (Å²) in [6.45, 7) is 5.66. The molecule has 2 rings (SSSR count). The van der Waals surface area contributed by atoms with Gasteiger partial charge in [0.2, 0.25) is 0 Å². The topological polar surface area (TPSA) is 45.8 Å². The van der Waals surface area contributed by atoms with Gasteiger partial charge < -0.3 is 4.98 Å². The van der Waals surface area contributed by atoms with Crippen molar-refractivity contribution in [2.24, 2.45) is 5.92 Å². The molecule has 1 N–H and O–H groups in total. The van der Waals surface area contributed by atoms with E-state index in [4.69, 9.17) is 0 Å². The fourth-order valence-electron chi connectivity index (χ4n) is 1.71. The lowest BCUT2D eigenvalue weighted by molar-refractivity contribution is 0.0934. The summed E-state index contributed by atoms with van der Waals surface area (Å²) >= 11 is 0. The lowest BCUT2D eigenvalue weighted by Gasteiger charge is -2.00. The largest absolute Gasteiger partial charge is 0.341 e. The molecule has 0 saturated heterocycles. The van der Waals surface area contributed by atoms with Gasteiger partial charge in [-0.1, -0.05) is 44.2 Å². The fourth-order valence-corrected chi connectivity index (χ4v) is 1.71. The van der Waals surface area contributed by atoms with Crippen molar-refractivity contribution in [1.82, 2.24) is 9.97 Å². The van der Waals surface area contributed by atoms with Crippen LogP contribution in [0, 0.1) is 12.8 Å². The Bertz CT molecular complexity index is 526. The SMILES string of the molecule is Cc1[nH]c(-c2ccccc2)nc1C(=O)C(C)C. The summed E-state index contributed by atoms with van der Waals surface area (Å²) in [4.78, 5) is 19.5. The molecule has 17 heavy (non-hydrogen) atoms. The van der Waals surface area contributed by atoms with Crippen LogP contribution in [0.2, 0.25) is 0 Å². The first kappa shape index (κ1) is 11.6. The number of Topliss-reactive ketones (excluding diaryl/α,β-unsaturated/α-hetero) is 1. The molecule has 0 atom stereocenters. The molecule has 0 aliphatic heterocycles. The molecule has 0 amide bonds. The number of H-pyrrole nitrogens is 1. The molecule has 1 aromatic heterocycles. The number of carbonyl (C=O) groups is 1. The zero-order valence-electron chi connectivity index (χ0n) is 10.3. The van der Waals surface area contributed by atoms with Crippen LogP contribution in [-0.2, 0) is 0 Å². The summed E-state index contributed by atoms with van der Waals surface area (Å²) in [5.41, 5.74) is 2.39. The van der Waals surface area contributed by atoms with E-state index in [2.05, 4.69) is 9.97 Å². The maximum absolute atomic E-state index is 11.9. The number of nitrogens with zero attached hydrogens (tertiary/aromatic N) is 1. The average Bonchev–Trinajstić information content (AvgIpc) is 2.71. The van der Waals surface area contributed by atoms with Crippen molar-refractivity contribution < 1.29 is 4.79 Å². The summed E-state index contributed by atoms with van der Waals surface area (Å²) in [6, 6.07) is 9.82. The van der Waals surface area contributed by atoms with E-state index in [9.17, 15) is 4.79 Å². The Morgan fingerprint density at radius 1 is 1.24 bits per heavy atom. The van der Waals surface area contributed by atoms with E-state index >= 15 is 0 Å². The highest BCUT2D eigenvalue weighted by atomic mass is 16.1. The van der Waals surface area contributed by atoms with Gasteiger partial charge in [-0.05, 0) is 6.92 Å². The maximum atomic E-state index is 11.9. The molecule has 0 unspecified atom stereocenters. The molecule has 0 aliphatic carbocycles. The van der Waals surface area contributed by atoms with Crippen LogP contribution >= 0.6 is 0 Å². The Labute approximate surface area is 101 Å². The van der Waals surface area contributed by atoms with Crippen molar-refractivity contribution in [2.75, 3.05) is 0 Å². The Hall–Kier alpha value is -1.90. The summed E-state index contributed by atoms with van der Waals surface area (Å²) in [7, 11) is 0. The highest BCUT2D eigenvalue weighted by molar-refractivity contribution is 5.97. The zero-order valence-corrected chi connectivity index (χ0v) is 10.3. The van der Waals surface area contributed by atoms with Gasteiger partial charge in [-0.25, -0.2) is 4.98 Å². The minimum atomic E-state index is -0.0272. The van der Waals surface area contributed by atoms with Gasteiger partial charge >= 0.3 is 0 Å². The molecular weight excluding hydrogens is 212 g/mol. The second-order valence-electron chi connectivity index (χ2n) is 4.44. The number of hydrogen-bond acceptors (Lipinski definition) is 2. The molecule has 0 bridgehead atoms. The number of carbonyl (C=O) groups excluding carboxylic acids is 1. The number of benzene rings is 1. The van der Waals surface area contributed by atoms with Gasteiger partial charge in [-0.3, -0.25) is 4.79 Å². The molecule has 0 radical (unpaired) electrons. The molecule has 88 valence electrons. The highest BCUT2D eigenvalue weighted by Crippen LogP contribution is 2.19. The normalized spacial score (nSPS) is 10.8. The molecule has 3 heteroatoms.